The number of carbonyl (C=O) groups excluding carboxylic acids is 1. The van der Waals surface area contributed by atoms with Crippen LogP contribution in [0.2, 0.25) is 0 Å². The number of para-hydroxylation sites is 1. The molecule has 12 heteroatoms. The van der Waals surface area contributed by atoms with E-state index in [0.29, 0.717) is 28.5 Å². The minimum Gasteiger partial charge on any atom is -0.364 e. The van der Waals surface area contributed by atoms with Crippen LogP contribution in [0.15, 0.2) is 24.3 Å². The fourth-order valence-electron chi connectivity index (χ4n) is 4.64. The summed E-state index contributed by atoms with van der Waals surface area (Å²) in [5.74, 6) is -1.06. The third kappa shape index (κ3) is 4.82. The van der Waals surface area contributed by atoms with Crippen LogP contribution in [0.4, 0.5) is 24.9 Å². The predicted molar refractivity (Wildman–Crippen MR) is 125 cm³/mol. The molecule has 2 aliphatic rings. The monoisotopic (exact) mass is 507 g/mol. The van der Waals surface area contributed by atoms with Crippen LogP contribution in [-0.4, -0.2) is 58.0 Å². The maximum atomic E-state index is 12.8. The largest absolute Gasteiger partial charge is 0.405 e. The normalized spacial score (nSPS) is 25.5. The van der Waals surface area contributed by atoms with E-state index in [2.05, 4.69) is 20.6 Å². The Hall–Kier alpha value is -2.83. The number of hydrogen-bond donors (Lipinski definition) is 2. The number of fused-ring (bicyclic) bond motifs is 2. The molecule has 8 nitrogen and oxygen atoms in total. The van der Waals surface area contributed by atoms with E-state index in [1.165, 1.54) is 11.3 Å². The number of aldehydes is 1. The molecule has 1 saturated heterocycles. The molecule has 4 atom stereocenters. The van der Waals surface area contributed by atoms with Crippen LogP contribution >= 0.6 is 11.3 Å². The zero-order valence-electron chi connectivity index (χ0n) is 19.2. The quantitative estimate of drug-likeness (QED) is 0.469. The van der Waals surface area contributed by atoms with Crippen LogP contribution in [0.3, 0.4) is 0 Å². The third-order valence-corrected chi connectivity index (χ3v) is 7.10. The molecule has 3 heterocycles. The Balaban J connectivity index is 1.54. The summed E-state index contributed by atoms with van der Waals surface area (Å²) in [6, 6.07) is 7.28. The molecule has 1 unspecified atom stereocenters. The molecule has 1 saturated carbocycles. The van der Waals surface area contributed by atoms with E-state index in [1.807, 2.05) is 24.3 Å². The number of carbonyl (C=O) groups is 1. The van der Waals surface area contributed by atoms with Gasteiger partial charge in [0, 0.05) is 5.92 Å². The van der Waals surface area contributed by atoms with Crippen molar-refractivity contribution in [2.75, 3.05) is 17.2 Å². The zero-order chi connectivity index (χ0) is 25.0. The Labute approximate surface area is 203 Å². The smallest absolute Gasteiger partial charge is 0.364 e. The summed E-state index contributed by atoms with van der Waals surface area (Å²) in [5.41, 5.74) is 1.86. The maximum Gasteiger partial charge on any atom is 0.405 e. The van der Waals surface area contributed by atoms with Gasteiger partial charge in [0.05, 0.1) is 33.6 Å². The van der Waals surface area contributed by atoms with Crippen molar-refractivity contribution in [2.24, 2.45) is 5.92 Å². The van der Waals surface area contributed by atoms with Gasteiger partial charge in [-0.05, 0) is 39.3 Å². The van der Waals surface area contributed by atoms with Gasteiger partial charge in [0.2, 0.25) is 5.95 Å². The molecule has 5 rings (SSSR count). The van der Waals surface area contributed by atoms with Crippen molar-refractivity contribution in [3.63, 3.8) is 0 Å². The number of anilines is 2. The van der Waals surface area contributed by atoms with Gasteiger partial charge in [-0.2, -0.15) is 18.2 Å². The average molecular weight is 508 g/mol. The molecule has 1 aliphatic heterocycles. The highest BCUT2D eigenvalue weighted by atomic mass is 32.1. The van der Waals surface area contributed by atoms with Gasteiger partial charge in [-0.1, -0.05) is 12.1 Å². The topological polar surface area (TPSA) is 98.3 Å². The van der Waals surface area contributed by atoms with Crippen LogP contribution in [0.1, 0.15) is 26.0 Å². The van der Waals surface area contributed by atoms with Gasteiger partial charge in [-0.25, -0.2) is 9.97 Å². The number of rotatable bonds is 6. The van der Waals surface area contributed by atoms with Gasteiger partial charge >= 0.3 is 6.18 Å². The molecule has 2 N–H and O–H groups in total. The second kappa shape index (κ2) is 8.68. The molecular weight excluding hydrogens is 483 g/mol. The number of ether oxygens (including phenoxy) is 2. The average Bonchev–Trinajstić information content (AvgIpc) is 3.42. The van der Waals surface area contributed by atoms with Crippen molar-refractivity contribution in [1.82, 2.24) is 15.0 Å². The summed E-state index contributed by atoms with van der Waals surface area (Å²) in [5, 5.41) is 6.23. The lowest BCUT2D eigenvalue weighted by Gasteiger charge is -2.24. The first-order valence-electron chi connectivity index (χ1n) is 11.2. The molecule has 3 aromatic rings. The van der Waals surface area contributed by atoms with E-state index in [0.717, 1.165) is 16.5 Å². The van der Waals surface area contributed by atoms with E-state index in [1.54, 1.807) is 20.8 Å². The standard InChI is InChI=1S/C23H24F3N5O3S/c1-11-16(20-30-13-6-4-5-7-15(13)35-20)19(31-21(28-11)27-10-23(24,25)26)29-14-8-12(9-32)17-18(14)34-22(2,3)33-17/h4-7,9,12,14,17-18H,8,10H2,1-3H3,(H2,27,28,29,31)/t12-,14?,17-,18+/m1/s1. The number of alkyl halides is 3. The maximum absolute atomic E-state index is 12.8. The summed E-state index contributed by atoms with van der Waals surface area (Å²) in [6.07, 6.45) is -3.97. The fourth-order valence-corrected chi connectivity index (χ4v) is 5.71. The highest BCUT2D eigenvalue weighted by Crippen LogP contribution is 2.43. The number of hydrogen-bond acceptors (Lipinski definition) is 9. The SMILES string of the molecule is Cc1nc(NCC(F)(F)F)nc(NC2C[C@H](C=O)[C@H]3OC(C)(C)O[C@@H]23)c1-c1nc2ccccc2s1. The number of nitrogens with zero attached hydrogens (tertiary/aromatic N) is 3. The summed E-state index contributed by atoms with van der Waals surface area (Å²) < 4.78 is 51.5. The van der Waals surface area contributed by atoms with Crippen LogP contribution in [0, 0.1) is 12.8 Å². The van der Waals surface area contributed by atoms with Crippen molar-refractivity contribution < 1.29 is 27.4 Å². The Bertz CT molecular complexity index is 1230. The molecule has 0 spiro atoms. The van der Waals surface area contributed by atoms with E-state index < -0.39 is 30.7 Å². The summed E-state index contributed by atoms with van der Waals surface area (Å²) >= 11 is 1.44. The van der Waals surface area contributed by atoms with Gasteiger partial charge in [0.25, 0.3) is 0 Å². The van der Waals surface area contributed by atoms with E-state index >= 15 is 0 Å². The Morgan fingerprint density at radius 3 is 2.63 bits per heavy atom. The van der Waals surface area contributed by atoms with E-state index in [9.17, 15) is 18.0 Å². The molecule has 0 amide bonds. The third-order valence-electron chi connectivity index (χ3n) is 6.05. The van der Waals surface area contributed by atoms with Crippen LogP contribution in [0.5, 0.6) is 0 Å². The molecular formula is C23H24F3N5O3S. The first kappa shape index (κ1) is 23.9. The first-order valence-corrected chi connectivity index (χ1v) is 12.0. The Kier molecular flexibility index (Phi) is 5.93. The zero-order valence-corrected chi connectivity index (χ0v) is 20.0. The minimum atomic E-state index is -4.42. The fraction of sp³-hybridized carbons (Fsp3) is 0.478. The van der Waals surface area contributed by atoms with Gasteiger partial charge in [0.15, 0.2) is 5.79 Å². The van der Waals surface area contributed by atoms with Gasteiger partial charge in [0.1, 0.15) is 29.8 Å². The molecule has 1 aliphatic carbocycles. The Morgan fingerprint density at radius 2 is 1.91 bits per heavy atom. The second-order valence-electron chi connectivity index (χ2n) is 9.16. The van der Waals surface area contributed by atoms with Gasteiger partial charge < -0.3 is 24.9 Å². The van der Waals surface area contributed by atoms with E-state index in [-0.39, 0.29) is 17.9 Å². The summed E-state index contributed by atoms with van der Waals surface area (Å²) in [6.45, 7) is 4.01. The van der Waals surface area contributed by atoms with Crippen molar-refractivity contribution in [3.05, 3.63) is 30.0 Å². The highest BCUT2D eigenvalue weighted by Gasteiger charge is 2.54. The molecule has 2 aromatic heterocycles. The molecule has 1 aromatic carbocycles. The van der Waals surface area contributed by atoms with E-state index in [4.69, 9.17) is 14.5 Å². The summed E-state index contributed by atoms with van der Waals surface area (Å²) in [4.78, 5) is 25.1. The predicted octanol–water partition coefficient (Wildman–Crippen LogP) is 4.56. The van der Waals surface area contributed by atoms with Crippen LogP contribution in [-0.2, 0) is 14.3 Å². The lowest BCUT2D eigenvalue weighted by molar-refractivity contribution is -0.157. The number of thiazole rings is 1. The van der Waals surface area contributed by atoms with Crippen LogP contribution < -0.4 is 10.6 Å². The summed E-state index contributed by atoms with van der Waals surface area (Å²) in [7, 11) is 0. The molecule has 0 radical (unpaired) electrons. The minimum absolute atomic E-state index is 0.155. The molecule has 186 valence electrons. The first-order chi connectivity index (χ1) is 16.5. The second-order valence-corrected chi connectivity index (χ2v) is 10.2. The highest BCUT2D eigenvalue weighted by molar-refractivity contribution is 7.21. The number of halogens is 3. The molecule has 35 heavy (non-hydrogen) atoms. The van der Waals surface area contributed by atoms with Gasteiger partial charge in [-0.15, -0.1) is 11.3 Å². The van der Waals surface area contributed by atoms with Crippen molar-refractivity contribution in [1.29, 1.82) is 0 Å². The van der Waals surface area contributed by atoms with Gasteiger partial charge in [-0.3, -0.25) is 0 Å². The number of aryl methyl sites for hydroxylation is 1. The van der Waals surface area contributed by atoms with Crippen molar-refractivity contribution in [3.8, 4) is 10.6 Å². The number of benzene rings is 1. The van der Waals surface area contributed by atoms with Crippen LogP contribution in [0.25, 0.3) is 20.8 Å². The number of aromatic nitrogens is 3. The van der Waals surface area contributed by atoms with Crippen molar-refractivity contribution >= 4 is 39.6 Å². The number of nitrogens with one attached hydrogen (secondary N) is 2. The molecule has 0 bridgehead atoms. The lowest BCUT2D eigenvalue weighted by Crippen LogP contribution is -2.35. The Morgan fingerprint density at radius 1 is 1.17 bits per heavy atom. The lowest BCUT2D eigenvalue weighted by atomic mass is 10.1. The van der Waals surface area contributed by atoms with Crippen molar-refractivity contribution in [2.45, 2.75) is 57.4 Å². The molecule has 2 fully saturated rings.